The van der Waals surface area contributed by atoms with Crippen molar-refractivity contribution in [2.24, 2.45) is 0 Å². The predicted octanol–water partition coefficient (Wildman–Crippen LogP) is 1.39. The number of Topliss-reactive ketones (excluding diaryl/α,β-unsaturated/α-hetero) is 1. The molecule has 6 nitrogen and oxygen atoms in total. The Bertz CT molecular complexity index is 500. The van der Waals surface area contributed by atoms with E-state index in [0.29, 0.717) is 5.56 Å². The van der Waals surface area contributed by atoms with Crippen LogP contribution in [0.1, 0.15) is 29.3 Å². The monoisotopic (exact) mass is 249 g/mol. The zero-order valence-corrected chi connectivity index (χ0v) is 10.3. The first kappa shape index (κ1) is 12.4. The summed E-state index contributed by atoms with van der Waals surface area (Å²) in [6.45, 7) is 3.83. The first-order valence-corrected chi connectivity index (χ1v) is 5.72. The highest BCUT2D eigenvalue weighted by atomic mass is 16.5. The third-order valence-corrected chi connectivity index (χ3v) is 2.67. The number of benzene rings is 1. The molecule has 1 aromatic carbocycles. The van der Waals surface area contributed by atoms with Gasteiger partial charge in [0.15, 0.2) is 5.78 Å². The van der Waals surface area contributed by atoms with Crippen LogP contribution in [-0.4, -0.2) is 18.4 Å². The molecule has 96 valence electrons. The highest BCUT2D eigenvalue weighted by Crippen LogP contribution is 2.28. The molecule has 0 bridgehead atoms. The molecule has 18 heavy (non-hydrogen) atoms. The van der Waals surface area contributed by atoms with E-state index >= 15 is 0 Å². The van der Waals surface area contributed by atoms with E-state index < -0.39 is 5.97 Å². The Labute approximate surface area is 105 Å². The molecule has 1 heterocycles. The van der Waals surface area contributed by atoms with Crippen molar-refractivity contribution in [3.05, 3.63) is 23.3 Å². The van der Waals surface area contributed by atoms with E-state index in [1.165, 1.54) is 0 Å². The lowest BCUT2D eigenvalue weighted by atomic mass is 10.0. The minimum Gasteiger partial charge on any atom is -0.466 e. The van der Waals surface area contributed by atoms with Crippen LogP contribution in [0.2, 0.25) is 0 Å². The normalized spacial score (nSPS) is 12.3. The maximum absolute atomic E-state index is 12.0. The Balaban J connectivity index is 2.18. The lowest BCUT2D eigenvalue weighted by Crippen LogP contribution is -2.19. The van der Waals surface area contributed by atoms with Crippen molar-refractivity contribution < 1.29 is 14.3 Å². The summed E-state index contributed by atoms with van der Waals surface area (Å²) in [4.78, 5) is 23.3. The number of hydrazine groups is 2. The summed E-state index contributed by atoms with van der Waals surface area (Å²) in [6, 6.07) is 3.57. The van der Waals surface area contributed by atoms with Gasteiger partial charge >= 0.3 is 5.97 Å². The molecule has 0 aliphatic carbocycles. The van der Waals surface area contributed by atoms with Crippen LogP contribution in [0.5, 0.6) is 0 Å². The lowest BCUT2D eigenvalue weighted by Gasteiger charge is -2.07. The number of hydrogen-bond donors (Lipinski definition) is 3. The number of rotatable bonds is 4. The molecule has 3 N–H and O–H groups in total. The van der Waals surface area contributed by atoms with Crippen LogP contribution in [0.25, 0.3) is 0 Å². The molecule has 0 fully saturated rings. The van der Waals surface area contributed by atoms with E-state index in [4.69, 9.17) is 4.74 Å². The lowest BCUT2D eigenvalue weighted by molar-refractivity contribution is -0.141. The Morgan fingerprint density at radius 3 is 2.56 bits per heavy atom. The van der Waals surface area contributed by atoms with Gasteiger partial charge in [0, 0.05) is 5.56 Å². The van der Waals surface area contributed by atoms with E-state index in [1.54, 1.807) is 13.0 Å². The molecule has 1 aliphatic heterocycles. The molecule has 0 aromatic heterocycles. The molecule has 2 rings (SSSR count). The van der Waals surface area contributed by atoms with Crippen LogP contribution >= 0.6 is 0 Å². The molecule has 6 heteroatoms. The maximum atomic E-state index is 12.0. The molecular weight excluding hydrogens is 234 g/mol. The number of nitrogens with one attached hydrogen (secondary N) is 3. The van der Waals surface area contributed by atoms with Crippen LogP contribution in [0.3, 0.4) is 0 Å². The van der Waals surface area contributed by atoms with E-state index in [1.807, 2.05) is 13.0 Å². The standard InChI is InChI=1S/C12H15N3O3/c1-3-18-12(17)6-11(16)8-5-10-9(4-7(8)2)13-15-14-10/h4-5,13-15H,3,6H2,1-2H3. The molecule has 0 spiro atoms. The van der Waals surface area contributed by atoms with Crippen molar-refractivity contribution in [2.45, 2.75) is 20.3 Å². The van der Waals surface area contributed by atoms with Crippen molar-refractivity contribution in [3.63, 3.8) is 0 Å². The molecular formula is C12H15N3O3. The number of fused-ring (bicyclic) bond motifs is 1. The van der Waals surface area contributed by atoms with Gasteiger partial charge in [-0.2, -0.15) is 0 Å². The van der Waals surface area contributed by atoms with E-state index in [0.717, 1.165) is 16.9 Å². The summed E-state index contributed by atoms with van der Waals surface area (Å²) in [6.07, 6.45) is -0.228. The Morgan fingerprint density at radius 2 is 1.89 bits per heavy atom. The summed E-state index contributed by atoms with van der Waals surface area (Å²) in [7, 11) is 0. The fraction of sp³-hybridized carbons (Fsp3) is 0.333. The number of carbonyl (C=O) groups is 2. The number of anilines is 2. The van der Waals surface area contributed by atoms with Crippen LogP contribution in [0.4, 0.5) is 11.4 Å². The summed E-state index contributed by atoms with van der Waals surface area (Å²) in [5.74, 6) is -0.728. The molecule has 1 aliphatic rings. The van der Waals surface area contributed by atoms with Gasteiger partial charge in [0.1, 0.15) is 6.42 Å². The fourth-order valence-electron chi connectivity index (χ4n) is 1.82. The van der Waals surface area contributed by atoms with Gasteiger partial charge in [-0.15, -0.1) is 5.53 Å². The van der Waals surface area contributed by atoms with E-state index in [2.05, 4.69) is 16.4 Å². The minimum atomic E-state index is -0.494. The second-order valence-corrected chi connectivity index (χ2v) is 3.99. The average Bonchev–Trinajstić information content (AvgIpc) is 2.74. The number of carbonyl (C=O) groups excluding carboxylic acids is 2. The summed E-state index contributed by atoms with van der Waals surface area (Å²) >= 11 is 0. The Morgan fingerprint density at radius 1 is 1.22 bits per heavy atom. The summed E-state index contributed by atoms with van der Waals surface area (Å²) in [5.41, 5.74) is 11.5. The number of hydrogen-bond acceptors (Lipinski definition) is 6. The van der Waals surface area contributed by atoms with Gasteiger partial charge in [-0.25, -0.2) is 0 Å². The van der Waals surface area contributed by atoms with Crippen molar-refractivity contribution >= 4 is 23.1 Å². The number of ether oxygens (including phenoxy) is 1. The van der Waals surface area contributed by atoms with Crippen molar-refractivity contribution in [2.75, 3.05) is 17.5 Å². The van der Waals surface area contributed by atoms with Gasteiger partial charge in [0.05, 0.1) is 18.0 Å². The van der Waals surface area contributed by atoms with E-state index in [9.17, 15) is 9.59 Å². The van der Waals surface area contributed by atoms with Crippen LogP contribution in [0, 0.1) is 6.92 Å². The zero-order chi connectivity index (χ0) is 13.1. The number of aryl methyl sites for hydroxylation is 1. The Kier molecular flexibility index (Phi) is 3.47. The van der Waals surface area contributed by atoms with Gasteiger partial charge in [-0.3, -0.25) is 9.59 Å². The first-order chi connectivity index (χ1) is 8.61. The quantitative estimate of drug-likeness (QED) is 0.425. The third kappa shape index (κ3) is 2.43. The molecule has 0 amide bonds. The Hall–Kier alpha value is -2.08. The molecule has 0 saturated heterocycles. The fourth-order valence-corrected chi connectivity index (χ4v) is 1.82. The van der Waals surface area contributed by atoms with Crippen molar-refractivity contribution in [3.8, 4) is 0 Å². The third-order valence-electron chi connectivity index (χ3n) is 2.67. The molecule has 0 atom stereocenters. The zero-order valence-electron chi connectivity index (χ0n) is 10.3. The maximum Gasteiger partial charge on any atom is 0.313 e. The minimum absolute atomic E-state index is 0.228. The second kappa shape index (κ2) is 5.05. The highest BCUT2D eigenvalue weighted by molar-refractivity contribution is 6.07. The van der Waals surface area contributed by atoms with Crippen LogP contribution in [-0.2, 0) is 9.53 Å². The number of esters is 1. The summed E-state index contributed by atoms with van der Waals surface area (Å²) < 4.78 is 4.77. The topological polar surface area (TPSA) is 79.5 Å². The average molecular weight is 249 g/mol. The summed E-state index contributed by atoms with van der Waals surface area (Å²) in [5, 5.41) is 0. The van der Waals surface area contributed by atoms with Gasteiger partial charge in [0.2, 0.25) is 0 Å². The van der Waals surface area contributed by atoms with Crippen molar-refractivity contribution in [1.82, 2.24) is 5.53 Å². The van der Waals surface area contributed by atoms with E-state index in [-0.39, 0.29) is 18.8 Å². The van der Waals surface area contributed by atoms with Crippen LogP contribution < -0.4 is 16.4 Å². The smallest absolute Gasteiger partial charge is 0.313 e. The van der Waals surface area contributed by atoms with Crippen molar-refractivity contribution in [1.29, 1.82) is 0 Å². The number of ketones is 1. The second-order valence-electron chi connectivity index (χ2n) is 3.99. The van der Waals surface area contributed by atoms with Gasteiger partial charge < -0.3 is 15.6 Å². The largest absolute Gasteiger partial charge is 0.466 e. The molecule has 0 saturated carbocycles. The SMILES string of the molecule is CCOC(=O)CC(=O)c1cc2c(cc1C)NNN2. The van der Waals surface area contributed by atoms with Gasteiger partial charge in [-0.05, 0) is 31.5 Å². The van der Waals surface area contributed by atoms with Gasteiger partial charge in [0.25, 0.3) is 0 Å². The first-order valence-electron chi connectivity index (χ1n) is 5.72. The van der Waals surface area contributed by atoms with Crippen LogP contribution in [0.15, 0.2) is 12.1 Å². The molecule has 0 radical (unpaired) electrons. The molecule has 1 aromatic rings. The molecule has 0 unspecified atom stereocenters. The van der Waals surface area contributed by atoms with Gasteiger partial charge in [-0.1, -0.05) is 0 Å². The highest BCUT2D eigenvalue weighted by Gasteiger charge is 2.18. The predicted molar refractivity (Wildman–Crippen MR) is 67.1 cm³/mol.